The molecule has 1 saturated heterocycles. The lowest BCUT2D eigenvalue weighted by atomic mass is 9.99. The zero-order valence-electron chi connectivity index (χ0n) is 12.6. The van der Waals surface area contributed by atoms with Gasteiger partial charge in [-0.1, -0.05) is 36.4 Å². The summed E-state index contributed by atoms with van der Waals surface area (Å²) >= 11 is 1.79. The van der Waals surface area contributed by atoms with E-state index < -0.39 is 0 Å². The highest BCUT2D eigenvalue weighted by Crippen LogP contribution is 2.25. The molecule has 1 heterocycles. The predicted octanol–water partition coefficient (Wildman–Crippen LogP) is 2.06. The Labute approximate surface area is 131 Å². The highest BCUT2D eigenvalue weighted by Gasteiger charge is 2.15. The Morgan fingerprint density at radius 3 is 2.43 bits per heavy atom. The second-order valence-corrected chi connectivity index (χ2v) is 6.44. The van der Waals surface area contributed by atoms with Gasteiger partial charge in [0.15, 0.2) is 0 Å². The third-order valence-corrected chi connectivity index (χ3v) is 4.91. The van der Waals surface area contributed by atoms with Gasteiger partial charge in [0.25, 0.3) is 0 Å². The molecule has 0 amide bonds. The summed E-state index contributed by atoms with van der Waals surface area (Å²) in [7, 11) is 0. The first-order chi connectivity index (χ1) is 10.4. The number of thioether (sulfide) groups is 1. The molecule has 0 spiro atoms. The standard InChI is InChI=1S/C18H22N2S/c1-21-17-8-6-15(7-9-17)18-5-3-2-4-16(18)14-20-12-10-19-11-13-20/h2-9,19H,10-14H2,1H3/p+1. The Hall–Kier alpha value is -1.29. The minimum absolute atomic E-state index is 1.13. The van der Waals surface area contributed by atoms with Crippen molar-refractivity contribution in [3.8, 4) is 11.1 Å². The first-order valence-electron chi connectivity index (χ1n) is 7.63. The molecule has 2 N–H and O–H groups in total. The van der Waals surface area contributed by atoms with Gasteiger partial charge in [-0.25, -0.2) is 0 Å². The number of rotatable bonds is 4. The van der Waals surface area contributed by atoms with Gasteiger partial charge in [-0.2, -0.15) is 0 Å². The molecule has 0 bridgehead atoms. The van der Waals surface area contributed by atoms with Crippen molar-refractivity contribution < 1.29 is 4.90 Å². The molecular weight excluding hydrogens is 276 g/mol. The molecular formula is C18H23N2S+. The van der Waals surface area contributed by atoms with E-state index in [1.165, 1.54) is 34.7 Å². The Bertz CT molecular complexity index is 574. The van der Waals surface area contributed by atoms with Gasteiger partial charge in [0, 0.05) is 23.5 Å². The number of benzene rings is 2. The molecule has 0 aromatic heterocycles. The molecule has 110 valence electrons. The first kappa shape index (κ1) is 14.6. The fraction of sp³-hybridized carbons (Fsp3) is 0.333. The molecule has 0 unspecified atom stereocenters. The van der Waals surface area contributed by atoms with Gasteiger partial charge in [0.05, 0.1) is 13.1 Å². The largest absolute Gasteiger partial charge is 0.329 e. The summed E-state index contributed by atoms with van der Waals surface area (Å²) in [6, 6.07) is 17.8. The van der Waals surface area contributed by atoms with Crippen LogP contribution in [0.4, 0.5) is 0 Å². The second-order valence-electron chi connectivity index (χ2n) is 5.56. The number of hydrogen-bond donors (Lipinski definition) is 2. The molecule has 2 nitrogen and oxygen atoms in total. The van der Waals surface area contributed by atoms with Crippen molar-refractivity contribution in [1.29, 1.82) is 0 Å². The third-order valence-electron chi connectivity index (χ3n) is 4.17. The van der Waals surface area contributed by atoms with Crippen LogP contribution in [0.25, 0.3) is 11.1 Å². The molecule has 0 radical (unpaired) electrons. The molecule has 21 heavy (non-hydrogen) atoms. The van der Waals surface area contributed by atoms with Crippen LogP contribution in [0.2, 0.25) is 0 Å². The number of quaternary nitrogens is 1. The summed E-state index contributed by atoms with van der Waals surface area (Å²) in [5, 5.41) is 3.44. The number of piperazine rings is 1. The van der Waals surface area contributed by atoms with E-state index in [0.717, 1.165) is 19.6 Å². The number of nitrogens with one attached hydrogen (secondary N) is 2. The summed E-state index contributed by atoms with van der Waals surface area (Å²) in [6.45, 7) is 5.85. The maximum absolute atomic E-state index is 3.44. The van der Waals surface area contributed by atoms with Crippen LogP contribution in [0.1, 0.15) is 5.56 Å². The zero-order valence-corrected chi connectivity index (χ0v) is 13.4. The molecule has 1 fully saturated rings. The maximum Gasteiger partial charge on any atom is 0.103 e. The molecule has 2 aromatic carbocycles. The summed E-state index contributed by atoms with van der Waals surface area (Å²) < 4.78 is 0. The number of hydrogen-bond acceptors (Lipinski definition) is 2. The summed E-state index contributed by atoms with van der Waals surface area (Å²) in [5.41, 5.74) is 4.18. The van der Waals surface area contributed by atoms with Crippen LogP contribution >= 0.6 is 11.8 Å². The quantitative estimate of drug-likeness (QED) is 0.841. The first-order valence-corrected chi connectivity index (χ1v) is 8.86. The molecule has 1 aliphatic rings. The van der Waals surface area contributed by atoms with Gasteiger partial charge < -0.3 is 10.2 Å². The normalized spacial score (nSPS) is 16.0. The van der Waals surface area contributed by atoms with Crippen LogP contribution in [0, 0.1) is 0 Å². The van der Waals surface area contributed by atoms with E-state index in [9.17, 15) is 0 Å². The van der Waals surface area contributed by atoms with Gasteiger partial charge in [-0.15, -0.1) is 11.8 Å². The van der Waals surface area contributed by atoms with Crippen molar-refractivity contribution in [3.05, 3.63) is 54.1 Å². The Kier molecular flexibility index (Phi) is 4.96. The fourth-order valence-electron chi connectivity index (χ4n) is 2.95. The van der Waals surface area contributed by atoms with Crippen molar-refractivity contribution in [2.75, 3.05) is 32.4 Å². The van der Waals surface area contributed by atoms with Crippen LogP contribution in [0.3, 0.4) is 0 Å². The topological polar surface area (TPSA) is 16.5 Å². The van der Waals surface area contributed by atoms with Crippen molar-refractivity contribution >= 4 is 11.8 Å². The van der Waals surface area contributed by atoms with Gasteiger partial charge in [-0.3, -0.25) is 0 Å². The van der Waals surface area contributed by atoms with E-state index in [-0.39, 0.29) is 0 Å². The monoisotopic (exact) mass is 299 g/mol. The van der Waals surface area contributed by atoms with E-state index in [1.807, 2.05) is 0 Å². The van der Waals surface area contributed by atoms with Gasteiger partial charge in [-0.05, 0) is 29.5 Å². The van der Waals surface area contributed by atoms with E-state index in [4.69, 9.17) is 0 Å². The minimum atomic E-state index is 1.13. The van der Waals surface area contributed by atoms with Crippen LogP contribution < -0.4 is 10.2 Å². The van der Waals surface area contributed by atoms with Crippen molar-refractivity contribution in [2.45, 2.75) is 11.4 Å². The van der Waals surface area contributed by atoms with Crippen LogP contribution in [-0.4, -0.2) is 32.4 Å². The Balaban J connectivity index is 1.83. The zero-order chi connectivity index (χ0) is 14.5. The van der Waals surface area contributed by atoms with Crippen LogP contribution in [-0.2, 0) is 6.54 Å². The molecule has 2 aromatic rings. The lowest BCUT2D eigenvalue weighted by Crippen LogP contribution is -3.13. The van der Waals surface area contributed by atoms with Crippen LogP contribution in [0.15, 0.2) is 53.4 Å². The Morgan fingerprint density at radius 2 is 1.71 bits per heavy atom. The molecule has 3 rings (SSSR count). The van der Waals surface area contributed by atoms with Crippen molar-refractivity contribution in [3.63, 3.8) is 0 Å². The molecule has 3 heteroatoms. The smallest absolute Gasteiger partial charge is 0.103 e. The average Bonchev–Trinajstić information content (AvgIpc) is 2.56. The lowest BCUT2D eigenvalue weighted by Gasteiger charge is -2.25. The average molecular weight is 299 g/mol. The summed E-state index contributed by atoms with van der Waals surface area (Å²) in [5.74, 6) is 0. The molecule has 0 aliphatic carbocycles. The van der Waals surface area contributed by atoms with Gasteiger partial charge in [0.2, 0.25) is 0 Å². The molecule has 0 saturated carbocycles. The maximum atomic E-state index is 3.44. The van der Waals surface area contributed by atoms with Crippen LogP contribution in [0.5, 0.6) is 0 Å². The predicted molar refractivity (Wildman–Crippen MR) is 90.9 cm³/mol. The van der Waals surface area contributed by atoms with E-state index >= 15 is 0 Å². The fourth-order valence-corrected chi connectivity index (χ4v) is 3.36. The van der Waals surface area contributed by atoms with Gasteiger partial charge in [0.1, 0.15) is 6.54 Å². The summed E-state index contributed by atoms with van der Waals surface area (Å²) in [6.07, 6.45) is 2.12. The van der Waals surface area contributed by atoms with Crippen molar-refractivity contribution in [2.24, 2.45) is 0 Å². The summed E-state index contributed by atoms with van der Waals surface area (Å²) in [4.78, 5) is 3.01. The van der Waals surface area contributed by atoms with Gasteiger partial charge >= 0.3 is 0 Å². The van der Waals surface area contributed by atoms with Crippen molar-refractivity contribution in [1.82, 2.24) is 5.32 Å². The Morgan fingerprint density at radius 1 is 1.00 bits per heavy atom. The lowest BCUT2D eigenvalue weighted by molar-refractivity contribution is -0.915. The minimum Gasteiger partial charge on any atom is -0.329 e. The van der Waals surface area contributed by atoms with E-state index in [2.05, 4.69) is 60.1 Å². The van der Waals surface area contributed by atoms with E-state index in [0.29, 0.717) is 0 Å². The highest BCUT2D eigenvalue weighted by atomic mass is 32.2. The third kappa shape index (κ3) is 3.67. The molecule has 0 atom stereocenters. The highest BCUT2D eigenvalue weighted by molar-refractivity contribution is 7.98. The SMILES string of the molecule is CSc1ccc(-c2ccccc2C[NH+]2CCNCC2)cc1. The second kappa shape index (κ2) is 7.12. The molecule has 1 aliphatic heterocycles. The van der Waals surface area contributed by atoms with E-state index in [1.54, 1.807) is 16.7 Å².